The second-order valence-electron chi connectivity index (χ2n) is 10.4. The molecule has 3 amide bonds. The largest absolute Gasteiger partial charge is 0.394 e. The minimum Gasteiger partial charge on any atom is -0.394 e. The number of nitrogens with zero attached hydrogens (tertiary/aromatic N) is 1. The van der Waals surface area contributed by atoms with Gasteiger partial charge in [0.25, 0.3) is 0 Å². The first kappa shape index (κ1) is 27.5. The number of benzene rings is 1. The molecule has 36 heavy (non-hydrogen) atoms. The molecule has 1 aromatic carbocycles. The number of hydrogen-bond acceptors (Lipinski definition) is 5. The summed E-state index contributed by atoms with van der Waals surface area (Å²) in [7, 11) is 0. The fourth-order valence-corrected chi connectivity index (χ4v) is 9.99. The molecule has 0 aliphatic carbocycles. The Hall–Kier alpha value is -1.58. The molecule has 3 N–H and O–H groups in total. The molecule has 4 unspecified atom stereocenters. The zero-order valence-corrected chi connectivity index (χ0v) is 23.7. The van der Waals surface area contributed by atoms with Gasteiger partial charge in [-0.25, -0.2) is 0 Å². The Morgan fingerprint density at radius 1 is 1.22 bits per heavy atom. The van der Waals surface area contributed by atoms with Crippen LogP contribution < -0.4 is 10.6 Å². The third-order valence-electron chi connectivity index (χ3n) is 7.86. The van der Waals surface area contributed by atoms with Crippen LogP contribution in [0.5, 0.6) is 0 Å². The first-order valence-electron chi connectivity index (χ1n) is 13.2. The highest BCUT2D eigenvalue weighted by Gasteiger charge is 2.76. The Balaban J connectivity index is 1.73. The number of rotatable bonds is 11. The lowest BCUT2D eigenvalue weighted by molar-refractivity contribution is -0.142. The van der Waals surface area contributed by atoms with E-state index in [-0.39, 0.29) is 40.4 Å². The van der Waals surface area contributed by atoms with Crippen LogP contribution in [-0.2, 0) is 20.8 Å². The minimum absolute atomic E-state index is 0.0244. The van der Waals surface area contributed by atoms with Crippen LogP contribution in [-0.4, -0.2) is 73.8 Å². The van der Waals surface area contributed by atoms with Crippen molar-refractivity contribution >= 4 is 45.4 Å². The summed E-state index contributed by atoms with van der Waals surface area (Å²) >= 11 is 5.43. The fraction of sp³-hybridized carbons (Fsp3) is 0.667. The van der Waals surface area contributed by atoms with Crippen LogP contribution in [0.15, 0.2) is 30.3 Å². The Bertz CT molecular complexity index is 966. The smallest absolute Gasteiger partial charge is 0.244 e. The second kappa shape index (κ2) is 11.4. The summed E-state index contributed by atoms with van der Waals surface area (Å²) < 4.78 is -0.704. The molecule has 3 heterocycles. The van der Waals surface area contributed by atoms with E-state index in [0.29, 0.717) is 19.4 Å². The van der Waals surface area contributed by atoms with Crippen molar-refractivity contribution in [1.29, 1.82) is 0 Å². The topological polar surface area (TPSA) is 98.7 Å². The Morgan fingerprint density at radius 2 is 1.94 bits per heavy atom. The summed E-state index contributed by atoms with van der Waals surface area (Å²) in [6.45, 7) is 6.37. The average Bonchev–Trinajstić information content (AvgIpc) is 3.45. The quantitative estimate of drug-likeness (QED) is 0.350. The number of hydrogen-bond donors (Lipinski definition) is 3. The lowest BCUT2D eigenvalue weighted by atomic mass is 9.70. The molecule has 7 nitrogen and oxygen atoms in total. The first-order valence-corrected chi connectivity index (χ1v) is 14.9. The Kier molecular flexibility index (Phi) is 8.72. The summed E-state index contributed by atoms with van der Waals surface area (Å²) in [5.41, 5.74) is 0.991. The van der Waals surface area contributed by atoms with Gasteiger partial charge in [-0.1, -0.05) is 66.5 Å². The summed E-state index contributed by atoms with van der Waals surface area (Å²) in [6, 6.07) is 8.41. The number of nitrogens with one attached hydrogen (secondary N) is 2. The van der Waals surface area contributed by atoms with Gasteiger partial charge in [-0.3, -0.25) is 14.4 Å². The van der Waals surface area contributed by atoms with E-state index in [1.165, 1.54) is 0 Å². The van der Waals surface area contributed by atoms with E-state index in [9.17, 15) is 19.5 Å². The fourth-order valence-electron chi connectivity index (χ4n) is 6.39. The zero-order chi connectivity index (χ0) is 26.0. The lowest BCUT2D eigenvalue weighted by Crippen LogP contribution is -2.58. The van der Waals surface area contributed by atoms with Gasteiger partial charge in [0.1, 0.15) is 6.04 Å². The van der Waals surface area contributed by atoms with Gasteiger partial charge in [0.05, 0.1) is 29.2 Å². The number of thioether (sulfide) groups is 1. The number of aliphatic hydroxyl groups excluding tert-OH is 1. The van der Waals surface area contributed by atoms with Crippen molar-refractivity contribution in [1.82, 2.24) is 15.5 Å². The van der Waals surface area contributed by atoms with E-state index in [0.717, 1.165) is 24.8 Å². The van der Waals surface area contributed by atoms with Gasteiger partial charge < -0.3 is 20.6 Å². The molecule has 3 aliphatic rings. The van der Waals surface area contributed by atoms with Crippen LogP contribution >= 0.6 is 27.7 Å². The number of aliphatic hydroxyl groups is 1. The number of amides is 3. The Morgan fingerprint density at radius 3 is 2.58 bits per heavy atom. The van der Waals surface area contributed by atoms with Gasteiger partial charge in [-0.15, -0.1) is 11.8 Å². The number of carbonyl (C=O) groups is 3. The van der Waals surface area contributed by atoms with E-state index < -0.39 is 28.7 Å². The van der Waals surface area contributed by atoms with Gasteiger partial charge >= 0.3 is 0 Å². The van der Waals surface area contributed by atoms with Gasteiger partial charge in [0.2, 0.25) is 17.7 Å². The summed E-state index contributed by atoms with van der Waals surface area (Å²) in [5, 5.41) is 16.6. The molecular weight excluding hydrogens is 542 g/mol. The van der Waals surface area contributed by atoms with Crippen LogP contribution in [0.2, 0.25) is 0 Å². The second-order valence-corrected chi connectivity index (χ2v) is 13.1. The van der Waals surface area contributed by atoms with Crippen LogP contribution in [0.4, 0.5) is 0 Å². The molecule has 2 bridgehead atoms. The summed E-state index contributed by atoms with van der Waals surface area (Å²) in [5.74, 6) is -1.56. The molecule has 0 radical (unpaired) electrons. The van der Waals surface area contributed by atoms with Crippen LogP contribution in [0, 0.1) is 11.8 Å². The van der Waals surface area contributed by atoms with E-state index in [1.807, 2.05) is 44.2 Å². The highest BCUT2D eigenvalue weighted by molar-refractivity contribution is 9.09. The number of alkyl halides is 1. The molecule has 0 aromatic heterocycles. The Labute approximate surface area is 226 Å². The third-order valence-corrected chi connectivity index (χ3v) is 11.1. The highest BCUT2D eigenvalue weighted by atomic mass is 79.9. The molecule has 3 aliphatic heterocycles. The molecule has 9 heteroatoms. The maximum absolute atomic E-state index is 14.2. The predicted octanol–water partition coefficient (Wildman–Crippen LogP) is 2.89. The van der Waals surface area contributed by atoms with Gasteiger partial charge in [-0.2, -0.15) is 0 Å². The summed E-state index contributed by atoms with van der Waals surface area (Å²) in [6.07, 6.45) is 3.67. The van der Waals surface area contributed by atoms with E-state index in [4.69, 9.17) is 0 Å². The van der Waals surface area contributed by atoms with Crippen LogP contribution in [0.1, 0.15) is 52.0 Å². The SMILES string of the molecule is CCCNC(=O)[C@H]1[C@H]2C(=O)N([C@@H](CO)Cc3ccccc3)C(C(=O)NC(C)CCC)C23CC(Br)[C@@H]1S3. The maximum atomic E-state index is 14.2. The normalized spacial score (nSPS) is 32.3. The zero-order valence-electron chi connectivity index (χ0n) is 21.3. The lowest BCUT2D eigenvalue weighted by Gasteiger charge is -2.38. The molecule has 1 aromatic rings. The molecule has 8 atom stereocenters. The van der Waals surface area contributed by atoms with Crippen LogP contribution in [0.25, 0.3) is 0 Å². The summed E-state index contributed by atoms with van der Waals surface area (Å²) in [4.78, 5) is 43.1. The van der Waals surface area contributed by atoms with Crippen molar-refractivity contribution in [2.24, 2.45) is 11.8 Å². The standard InChI is InChI=1S/C27H38BrN3O4S/c1-4-9-16(3)30-25(34)23-27-14-19(28)22(36-27)20(24(33)29-12-5-2)21(27)26(35)31(23)18(15-32)13-17-10-7-6-8-11-17/h6-8,10-11,16,18-23,32H,4-5,9,12-15H2,1-3H3,(H,29,33)(H,30,34)/t16?,18-,19?,20+,21+,22+,23?,27?/m1/s1. The van der Waals surface area contributed by atoms with E-state index >= 15 is 0 Å². The predicted molar refractivity (Wildman–Crippen MR) is 146 cm³/mol. The van der Waals surface area contributed by atoms with Crippen molar-refractivity contribution in [3.8, 4) is 0 Å². The van der Waals surface area contributed by atoms with Gasteiger partial charge in [0, 0.05) is 22.7 Å². The number of likely N-dealkylation sites (tertiary alicyclic amines) is 1. The van der Waals surface area contributed by atoms with Crippen molar-refractivity contribution < 1.29 is 19.5 Å². The van der Waals surface area contributed by atoms with Crippen molar-refractivity contribution in [2.45, 2.75) is 85.8 Å². The van der Waals surface area contributed by atoms with E-state index in [1.54, 1.807) is 16.7 Å². The maximum Gasteiger partial charge on any atom is 0.244 e. The van der Waals surface area contributed by atoms with E-state index in [2.05, 4.69) is 33.5 Å². The van der Waals surface area contributed by atoms with Crippen molar-refractivity contribution in [3.05, 3.63) is 35.9 Å². The number of fused-ring (bicyclic) bond motifs is 1. The average molecular weight is 581 g/mol. The molecule has 3 saturated heterocycles. The molecule has 198 valence electrons. The van der Waals surface area contributed by atoms with Gasteiger partial charge in [0.15, 0.2) is 0 Å². The molecule has 1 spiro atoms. The first-order chi connectivity index (χ1) is 17.3. The molecule has 4 rings (SSSR count). The van der Waals surface area contributed by atoms with Crippen molar-refractivity contribution in [3.63, 3.8) is 0 Å². The van der Waals surface area contributed by atoms with Crippen LogP contribution in [0.3, 0.4) is 0 Å². The molecule has 3 fully saturated rings. The number of halogens is 1. The van der Waals surface area contributed by atoms with Gasteiger partial charge in [-0.05, 0) is 38.2 Å². The monoisotopic (exact) mass is 579 g/mol. The minimum atomic E-state index is -0.741. The van der Waals surface area contributed by atoms with Crippen molar-refractivity contribution in [2.75, 3.05) is 13.2 Å². The number of carbonyl (C=O) groups excluding carboxylic acids is 3. The molecular formula is C27H38BrN3O4S. The third kappa shape index (κ3) is 4.83. The highest BCUT2D eigenvalue weighted by Crippen LogP contribution is 2.68. The molecule has 0 saturated carbocycles.